The van der Waals surface area contributed by atoms with E-state index in [0.29, 0.717) is 11.4 Å². The van der Waals surface area contributed by atoms with Crippen molar-refractivity contribution in [3.8, 4) is 0 Å². The van der Waals surface area contributed by atoms with Crippen LogP contribution in [0.25, 0.3) is 0 Å². The molecule has 7 nitrogen and oxygen atoms in total. The van der Waals surface area contributed by atoms with E-state index in [4.69, 9.17) is 5.73 Å². The van der Waals surface area contributed by atoms with E-state index in [1.807, 2.05) is 4.90 Å². The Morgan fingerprint density at radius 1 is 1.50 bits per heavy atom. The third-order valence-electron chi connectivity index (χ3n) is 2.58. The first kappa shape index (κ1) is 10.7. The topological polar surface area (TPSA) is 96.3 Å². The van der Waals surface area contributed by atoms with Crippen LogP contribution in [0.3, 0.4) is 0 Å². The molecule has 1 aliphatic heterocycles. The van der Waals surface area contributed by atoms with Gasteiger partial charge < -0.3 is 20.7 Å². The van der Waals surface area contributed by atoms with Gasteiger partial charge in [0.1, 0.15) is 11.4 Å². The van der Waals surface area contributed by atoms with Crippen LogP contribution < -0.4 is 16.0 Å². The van der Waals surface area contributed by atoms with Crippen LogP contribution in [-0.2, 0) is 4.74 Å². The number of aromatic nitrogens is 2. The fourth-order valence-electron chi connectivity index (χ4n) is 1.75. The lowest BCUT2D eigenvalue weighted by atomic mass is 10.2. The lowest BCUT2D eigenvalue weighted by Gasteiger charge is -2.27. The Balaban J connectivity index is 2.29. The predicted molar refractivity (Wildman–Crippen MR) is 59.4 cm³/mol. The van der Waals surface area contributed by atoms with Gasteiger partial charge in [0, 0.05) is 26.2 Å². The number of methoxy groups -OCH3 is 1. The average Bonchev–Trinajstić information content (AvgIpc) is 2.71. The van der Waals surface area contributed by atoms with Gasteiger partial charge in [0.2, 0.25) is 0 Å². The van der Waals surface area contributed by atoms with Crippen LogP contribution in [-0.4, -0.2) is 49.5 Å². The van der Waals surface area contributed by atoms with Gasteiger partial charge in [-0.2, -0.15) is 5.10 Å². The standard InChI is InChI=1S/C9H15N5O2/c1-16-9(15)6-7(10)12-13-8(6)14-4-2-11-3-5-14/h11H,2-5H2,1H3,(H3,10,12,13). The number of anilines is 2. The summed E-state index contributed by atoms with van der Waals surface area (Å²) >= 11 is 0. The van der Waals surface area contributed by atoms with Crippen molar-refractivity contribution in [2.45, 2.75) is 0 Å². The highest BCUT2D eigenvalue weighted by Crippen LogP contribution is 2.23. The second-order valence-corrected chi connectivity index (χ2v) is 3.56. The predicted octanol–water partition coefficient (Wildman–Crippen LogP) is -0.812. The van der Waals surface area contributed by atoms with Crippen molar-refractivity contribution in [2.24, 2.45) is 0 Å². The highest BCUT2D eigenvalue weighted by atomic mass is 16.5. The van der Waals surface area contributed by atoms with Crippen LogP contribution in [0, 0.1) is 0 Å². The molecule has 0 aliphatic carbocycles. The molecule has 0 unspecified atom stereocenters. The zero-order valence-corrected chi connectivity index (χ0v) is 9.12. The molecule has 0 aromatic carbocycles. The van der Waals surface area contributed by atoms with E-state index in [9.17, 15) is 4.79 Å². The Hall–Kier alpha value is -1.76. The van der Waals surface area contributed by atoms with Gasteiger partial charge in [-0.15, -0.1) is 0 Å². The summed E-state index contributed by atoms with van der Waals surface area (Å²) in [7, 11) is 1.33. The number of nitrogens with two attached hydrogens (primary N) is 1. The Kier molecular flexibility index (Phi) is 2.95. The summed E-state index contributed by atoms with van der Waals surface area (Å²) < 4.78 is 4.69. The molecule has 1 aromatic heterocycles. The molecule has 0 radical (unpaired) electrons. The number of carbonyl (C=O) groups is 1. The maximum absolute atomic E-state index is 11.6. The van der Waals surface area contributed by atoms with Gasteiger partial charge in [0.25, 0.3) is 0 Å². The van der Waals surface area contributed by atoms with Gasteiger partial charge in [0.05, 0.1) is 7.11 Å². The monoisotopic (exact) mass is 225 g/mol. The zero-order chi connectivity index (χ0) is 11.5. The summed E-state index contributed by atoms with van der Waals surface area (Å²) in [5, 5.41) is 9.90. The SMILES string of the molecule is COC(=O)c1c(N2CCNCC2)n[nH]c1N. The molecule has 1 saturated heterocycles. The van der Waals surface area contributed by atoms with Crippen LogP contribution in [0.15, 0.2) is 0 Å². The molecule has 16 heavy (non-hydrogen) atoms. The van der Waals surface area contributed by atoms with Gasteiger partial charge in [-0.25, -0.2) is 4.79 Å². The minimum absolute atomic E-state index is 0.250. The summed E-state index contributed by atoms with van der Waals surface area (Å²) in [5.74, 6) is 0.367. The van der Waals surface area contributed by atoms with Gasteiger partial charge >= 0.3 is 5.97 Å². The van der Waals surface area contributed by atoms with E-state index in [-0.39, 0.29) is 5.82 Å². The van der Waals surface area contributed by atoms with Crippen molar-refractivity contribution in [3.63, 3.8) is 0 Å². The first-order chi connectivity index (χ1) is 7.74. The highest BCUT2D eigenvalue weighted by Gasteiger charge is 2.24. The van der Waals surface area contributed by atoms with E-state index in [1.165, 1.54) is 7.11 Å². The number of piperazine rings is 1. The average molecular weight is 225 g/mol. The molecule has 7 heteroatoms. The van der Waals surface area contributed by atoms with Crippen molar-refractivity contribution >= 4 is 17.6 Å². The molecule has 1 fully saturated rings. The number of ether oxygens (including phenoxy) is 1. The molecule has 2 heterocycles. The molecule has 4 N–H and O–H groups in total. The third-order valence-corrected chi connectivity index (χ3v) is 2.58. The molecular weight excluding hydrogens is 210 g/mol. The molecule has 0 saturated carbocycles. The van der Waals surface area contributed by atoms with E-state index in [0.717, 1.165) is 26.2 Å². The normalized spacial score (nSPS) is 16.2. The van der Waals surface area contributed by atoms with E-state index >= 15 is 0 Å². The van der Waals surface area contributed by atoms with E-state index in [1.54, 1.807) is 0 Å². The lowest BCUT2D eigenvalue weighted by molar-refractivity contribution is 0.0602. The van der Waals surface area contributed by atoms with Crippen LogP contribution in [0.4, 0.5) is 11.6 Å². The number of carbonyl (C=O) groups excluding carboxylic acids is 1. The van der Waals surface area contributed by atoms with Gasteiger partial charge in [0.15, 0.2) is 5.82 Å². The number of aromatic amines is 1. The summed E-state index contributed by atoms with van der Waals surface area (Å²) in [4.78, 5) is 13.6. The van der Waals surface area contributed by atoms with Crippen LogP contribution >= 0.6 is 0 Å². The molecule has 2 rings (SSSR count). The zero-order valence-electron chi connectivity index (χ0n) is 9.12. The lowest BCUT2D eigenvalue weighted by Crippen LogP contribution is -2.44. The fraction of sp³-hybridized carbons (Fsp3) is 0.556. The Morgan fingerprint density at radius 3 is 2.81 bits per heavy atom. The molecule has 0 amide bonds. The van der Waals surface area contributed by atoms with Crippen molar-refractivity contribution in [2.75, 3.05) is 43.9 Å². The van der Waals surface area contributed by atoms with Crippen molar-refractivity contribution in [1.29, 1.82) is 0 Å². The minimum Gasteiger partial charge on any atom is -0.465 e. The maximum atomic E-state index is 11.6. The summed E-state index contributed by atoms with van der Waals surface area (Å²) in [6.07, 6.45) is 0. The molecule has 0 spiro atoms. The Bertz CT molecular complexity index is 383. The highest BCUT2D eigenvalue weighted by molar-refractivity contribution is 5.99. The van der Waals surface area contributed by atoms with Crippen LogP contribution in [0.2, 0.25) is 0 Å². The Labute approximate surface area is 92.9 Å². The summed E-state index contributed by atoms with van der Waals surface area (Å²) in [5.41, 5.74) is 5.99. The van der Waals surface area contributed by atoms with Gasteiger partial charge in [-0.1, -0.05) is 0 Å². The van der Waals surface area contributed by atoms with Crippen LogP contribution in [0.5, 0.6) is 0 Å². The number of rotatable bonds is 2. The van der Waals surface area contributed by atoms with E-state index in [2.05, 4.69) is 20.3 Å². The molecule has 1 aliphatic rings. The second-order valence-electron chi connectivity index (χ2n) is 3.56. The number of H-pyrrole nitrogens is 1. The Morgan fingerprint density at radius 2 is 2.19 bits per heavy atom. The first-order valence-corrected chi connectivity index (χ1v) is 5.12. The van der Waals surface area contributed by atoms with Gasteiger partial charge in [-0.05, 0) is 0 Å². The molecule has 1 aromatic rings. The molecular formula is C9H15N5O2. The van der Waals surface area contributed by atoms with Crippen molar-refractivity contribution < 1.29 is 9.53 Å². The fourth-order valence-corrected chi connectivity index (χ4v) is 1.75. The van der Waals surface area contributed by atoms with Crippen LogP contribution in [0.1, 0.15) is 10.4 Å². The quantitative estimate of drug-likeness (QED) is 0.569. The maximum Gasteiger partial charge on any atom is 0.345 e. The van der Waals surface area contributed by atoms with Crippen molar-refractivity contribution in [3.05, 3.63) is 5.56 Å². The number of nitrogens with zero attached hydrogens (tertiary/aromatic N) is 2. The van der Waals surface area contributed by atoms with E-state index < -0.39 is 5.97 Å². The van der Waals surface area contributed by atoms with Gasteiger partial charge in [-0.3, -0.25) is 5.10 Å². The minimum atomic E-state index is -0.459. The molecule has 0 bridgehead atoms. The third kappa shape index (κ3) is 1.81. The number of hydrogen-bond donors (Lipinski definition) is 3. The number of hydrogen-bond acceptors (Lipinski definition) is 6. The summed E-state index contributed by atoms with van der Waals surface area (Å²) in [6, 6.07) is 0. The second kappa shape index (κ2) is 4.40. The number of nitrogen functional groups attached to an aromatic ring is 1. The largest absolute Gasteiger partial charge is 0.465 e. The smallest absolute Gasteiger partial charge is 0.345 e. The molecule has 0 atom stereocenters. The number of esters is 1. The first-order valence-electron chi connectivity index (χ1n) is 5.12. The molecule has 88 valence electrons. The van der Waals surface area contributed by atoms with Crippen molar-refractivity contribution in [1.82, 2.24) is 15.5 Å². The number of nitrogens with one attached hydrogen (secondary N) is 2. The summed E-state index contributed by atoms with van der Waals surface area (Å²) in [6.45, 7) is 3.34.